The van der Waals surface area contributed by atoms with Crippen LogP contribution in [0.25, 0.3) is 10.8 Å². The summed E-state index contributed by atoms with van der Waals surface area (Å²) in [6, 6.07) is 12.9. The van der Waals surface area contributed by atoms with Crippen molar-refractivity contribution in [3.63, 3.8) is 0 Å². The maximum atomic E-state index is 6.01. The van der Waals surface area contributed by atoms with Crippen LogP contribution in [0.1, 0.15) is 25.3 Å². The van der Waals surface area contributed by atoms with Gasteiger partial charge in [0.15, 0.2) is 0 Å². The van der Waals surface area contributed by atoms with E-state index in [-0.39, 0.29) is 12.4 Å². The highest BCUT2D eigenvalue weighted by atomic mass is 35.5. The van der Waals surface area contributed by atoms with Crippen LogP contribution in [0.4, 0.5) is 0 Å². The Kier molecular flexibility index (Phi) is 7.55. The fourth-order valence-corrected chi connectivity index (χ4v) is 2.40. The molecule has 2 aromatic rings. The fourth-order valence-electron chi connectivity index (χ4n) is 2.40. The number of nitrogens with zero attached hydrogens (tertiary/aromatic N) is 1. The van der Waals surface area contributed by atoms with E-state index in [2.05, 4.69) is 62.3 Å². The van der Waals surface area contributed by atoms with Gasteiger partial charge in [-0.2, -0.15) is 0 Å². The number of fused-ring (bicyclic) bond motifs is 1. The van der Waals surface area contributed by atoms with Crippen molar-refractivity contribution in [2.24, 2.45) is 0 Å². The Labute approximate surface area is 134 Å². The summed E-state index contributed by atoms with van der Waals surface area (Å²) in [7, 11) is 4.14. The number of unbranched alkanes of at least 4 members (excludes halogenated alkanes) is 1. The molecule has 3 heteroatoms. The minimum atomic E-state index is 0. The Bertz CT molecular complexity index is 554. The zero-order valence-electron chi connectivity index (χ0n) is 13.2. The Morgan fingerprint density at radius 3 is 2.52 bits per heavy atom. The van der Waals surface area contributed by atoms with E-state index >= 15 is 0 Å². The summed E-state index contributed by atoms with van der Waals surface area (Å²) >= 11 is 0. The van der Waals surface area contributed by atoms with Crippen molar-refractivity contribution < 1.29 is 17.1 Å². The van der Waals surface area contributed by atoms with Gasteiger partial charge in [0.25, 0.3) is 0 Å². The second-order valence-corrected chi connectivity index (χ2v) is 5.52. The van der Waals surface area contributed by atoms with Crippen molar-refractivity contribution in [1.82, 2.24) is 4.90 Å². The van der Waals surface area contributed by atoms with Crippen LogP contribution in [0.5, 0.6) is 5.75 Å². The molecule has 0 N–H and O–H groups in total. The van der Waals surface area contributed by atoms with E-state index in [1.54, 1.807) is 0 Å². The molecule has 0 aliphatic rings. The van der Waals surface area contributed by atoms with Gasteiger partial charge < -0.3 is 22.0 Å². The average molecular weight is 307 g/mol. The second-order valence-electron chi connectivity index (χ2n) is 5.52. The third kappa shape index (κ3) is 4.90. The SMILES string of the molecule is CCCCc1c(OCCN(C)C)ccc2ccccc12.[Cl-]. The Morgan fingerprint density at radius 1 is 1.05 bits per heavy atom. The van der Waals surface area contributed by atoms with Crippen molar-refractivity contribution in [2.75, 3.05) is 27.2 Å². The van der Waals surface area contributed by atoms with Gasteiger partial charge in [0, 0.05) is 12.1 Å². The average Bonchev–Trinajstić information content (AvgIpc) is 2.45. The van der Waals surface area contributed by atoms with E-state index in [9.17, 15) is 0 Å². The maximum Gasteiger partial charge on any atom is 0.123 e. The minimum absolute atomic E-state index is 0. The molecule has 0 saturated heterocycles. The van der Waals surface area contributed by atoms with Gasteiger partial charge in [0.1, 0.15) is 12.4 Å². The van der Waals surface area contributed by atoms with Crippen molar-refractivity contribution in [3.8, 4) is 5.75 Å². The Balaban J connectivity index is 0.00000220. The third-order valence-electron chi connectivity index (χ3n) is 3.57. The molecule has 0 aromatic heterocycles. The van der Waals surface area contributed by atoms with Gasteiger partial charge in [-0.05, 0) is 43.8 Å². The highest BCUT2D eigenvalue weighted by Crippen LogP contribution is 2.29. The second kappa shape index (κ2) is 8.91. The highest BCUT2D eigenvalue weighted by Gasteiger charge is 2.08. The summed E-state index contributed by atoms with van der Waals surface area (Å²) in [5.74, 6) is 1.05. The number of aryl methyl sites for hydroxylation is 1. The third-order valence-corrected chi connectivity index (χ3v) is 3.57. The normalized spacial score (nSPS) is 10.7. The van der Waals surface area contributed by atoms with Crippen LogP contribution in [0.15, 0.2) is 36.4 Å². The van der Waals surface area contributed by atoms with Crippen molar-refractivity contribution in [3.05, 3.63) is 42.0 Å². The molecule has 2 rings (SSSR count). The molecule has 0 fully saturated rings. The summed E-state index contributed by atoms with van der Waals surface area (Å²) in [4.78, 5) is 2.15. The molecular weight excluding hydrogens is 282 g/mol. The van der Waals surface area contributed by atoms with E-state index in [0.29, 0.717) is 0 Å². The number of hydrogen-bond acceptors (Lipinski definition) is 2. The van der Waals surface area contributed by atoms with E-state index in [1.807, 2.05) is 0 Å². The molecule has 21 heavy (non-hydrogen) atoms. The largest absolute Gasteiger partial charge is 1.00 e. The molecule has 2 aromatic carbocycles. The molecule has 2 nitrogen and oxygen atoms in total. The summed E-state index contributed by atoms with van der Waals surface area (Å²) < 4.78 is 6.01. The monoisotopic (exact) mass is 306 g/mol. The first-order chi connectivity index (χ1) is 9.72. The van der Waals surface area contributed by atoms with Gasteiger partial charge in [-0.25, -0.2) is 0 Å². The van der Waals surface area contributed by atoms with Crippen LogP contribution >= 0.6 is 0 Å². The first-order valence-corrected chi connectivity index (χ1v) is 7.50. The smallest absolute Gasteiger partial charge is 0.123 e. The first kappa shape index (κ1) is 17.8. The first-order valence-electron chi connectivity index (χ1n) is 7.50. The molecule has 0 aliphatic carbocycles. The van der Waals surface area contributed by atoms with Gasteiger partial charge in [-0.1, -0.05) is 43.7 Å². The van der Waals surface area contributed by atoms with Crippen LogP contribution in [-0.2, 0) is 6.42 Å². The minimum Gasteiger partial charge on any atom is -1.00 e. The maximum absolute atomic E-state index is 6.01. The van der Waals surface area contributed by atoms with Gasteiger partial charge in [-0.15, -0.1) is 0 Å². The van der Waals surface area contributed by atoms with E-state index in [0.717, 1.165) is 25.3 Å². The van der Waals surface area contributed by atoms with Gasteiger partial charge in [0.2, 0.25) is 0 Å². The van der Waals surface area contributed by atoms with Crippen molar-refractivity contribution >= 4 is 10.8 Å². The number of likely N-dealkylation sites (N-methyl/N-ethyl adjacent to an activating group) is 1. The molecule has 0 aliphatic heterocycles. The molecule has 0 amide bonds. The van der Waals surface area contributed by atoms with E-state index < -0.39 is 0 Å². The van der Waals surface area contributed by atoms with Crippen LogP contribution in [0.3, 0.4) is 0 Å². The van der Waals surface area contributed by atoms with E-state index in [4.69, 9.17) is 4.74 Å². The summed E-state index contributed by atoms with van der Waals surface area (Å²) in [6.45, 7) is 3.92. The predicted octanol–water partition coefficient (Wildman–Crippen LogP) is 1.13. The molecule has 0 bridgehead atoms. The Morgan fingerprint density at radius 2 is 1.81 bits per heavy atom. The molecule has 0 radical (unpaired) electrons. The number of rotatable bonds is 7. The van der Waals surface area contributed by atoms with Crippen LogP contribution in [0, 0.1) is 0 Å². The Hall–Kier alpha value is -1.25. The zero-order chi connectivity index (χ0) is 14.4. The number of benzene rings is 2. The molecular formula is C18H25ClNO-. The summed E-state index contributed by atoms with van der Waals surface area (Å²) in [6.07, 6.45) is 3.51. The molecule has 0 unspecified atom stereocenters. The van der Waals surface area contributed by atoms with Crippen LogP contribution < -0.4 is 17.1 Å². The van der Waals surface area contributed by atoms with Crippen molar-refractivity contribution in [1.29, 1.82) is 0 Å². The van der Waals surface area contributed by atoms with Crippen molar-refractivity contribution in [2.45, 2.75) is 26.2 Å². The number of ether oxygens (including phenoxy) is 1. The predicted molar refractivity (Wildman–Crippen MR) is 86.6 cm³/mol. The molecule has 0 saturated carbocycles. The molecule has 0 heterocycles. The lowest BCUT2D eigenvalue weighted by Crippen LogP contribution is -3.00. The summed E-state index contributed by atoms with van der Waals surface area (Å²) in [5, 5.41) is 2.64. The quantitative estimate of drug-likeness (QED) is 0.760. The van der Waals surface area contributed by atoms with Gasteiger partial charge >= 0.3 is 0 Å². The van der Waals surface area contributed by atoms with Crippen LogP contribution in [0.2, 0.25) is 0 Å². The lowest BCUT2D eigenvalue weighted by atomic mass is 9.99. The summed E-state index contributed by atoms with van der Waals surface area (Å²) in [5.41, 5.74) is 1.36. The molecule has 116 valence electrons. The lowest BCUT2D eigenvalue weighted by molar-refractivity contribution is -0.00000474. The topological polar surface area (TPSA) is 12.5 Å². The molecule has 0 atom stereocenters. The molecule has 0 spiro atoms. The van der Waals surface area contributed by atoms with Gasteiger partial charge in [0.05, 0.1) is 0 Å². The van der Waals surface area contributed by atoms with Gasteiger partial charge in [-0.3, -0.25) is 0 Å². The lowest BCUT2D eigenvalue weighted by Gasteiger charge is -2.16. The number of hydrogen-bond donors (Lipinski definition) is 0. The highest BCUT2D eigenvalue weighted by molar-refractivity contribution is 5.87. The van der Waals surface area contributed by atoms with E-state index in [1.165, 1.54) is 29.2 Å². The fraction of sp³-hybridized carbons (Fsp3) is 0.444. The van der Waals surface area contributed by atoms with Crippen LogP contribution in [-0.4, -0.2) is 32.1 Å². The standard InChI is InChI=1S/C18H25NO.ClH/c1-4-5-9-17-16-10-7-6-8-15(16)11-12-18(17)20-14-13-19(2)3;/h6-8,10-12H,4-5,9,13-14H2,1-3H3;1H/p-1. The number of halogens is 1. The zero-order valence-corrected chi connectivity index (χ0v) is 14.0.